The van der Waals surface area contributed by atoms with Crippen molar-refractivity contribution in [1.82, 2.24) is 5.43 Å². The van der Waals surface area contributed by atoms with Crippen LogP contribution in [0.15, 0.2) is 47.6 Å². The van der Waals surface area contributed by atoms with Crippen LogP contribution >= 0.6 is 23.2 Å². The topological polar surface area (TPSA) is 62.7 Å². The molecule has 120 valence electrons. The van der Waals surface area contributed by atoms with Gasteiger partial charge in [0, 0.05) is 17.3 Å². The fraction of sp³-hybridized carbons (Fsp3) is 0.125. The fourth-order valence-corrected chi connectivity index (χ4v) is 2.11. The minimum atomic E-state index is -0.290. The normalized spacial score (nSPS) is 10.6. The molecular formula is C16H15Cl2N3O2. The third kappa shape index (κ3) is 5.16. The number of rotatable bonds is 6. The van der Waals surface area contributed by atoms with Gasteiger partial charge in [-0.2, -0.15) is 5.10 Å². The number of benzene rings is 2. The SMILES string of the molecule is COc1cccc(NCC(=O)N/N=C\c2cccc(Cl)c2Cl)c1. The number of carbonyl (C=O) groups excluding carboxylic acids is 1. The Hall–Kier alpha value is -2.24. The summed E-state index contributed by atoms with van der Waals surface area (Å²) in [5.41, 5.74) is 3.82. The van der Waals surface area contributed by atoms with Crippen molar-refractivity contribution >= 4 is 41.0 Å². The first-order valence-electron chi connectivity index (χ1n) is 6.74. The summed E-state index contributed by atoms with van der Waals surface area (Å²) < 4.78 is 5.11. The van der Waals surface area contributed by atoms with Crippen LogP contribution in [0.3, 0.4) is 0 Å². The number of hydrogen-bond donors (Lipinski definition) is 2. The molecule has 2 rings (SSSR count). The highest BCUT2D eigenvalue weighted by Crippen LogP contribution is 2.24. The van der Waals surface area contributed by atoms with Crippen molar-refractivity contribution in [2.75, 3.05) is 19.0 Å². The molecule has 0 aliphatic heterocycles. The summed E-state index contributed by atoms with van der Waals surface area (Å²) in [4.78, 5) is 11.7. The molecule has 0 aliphatic carbocycles. The first-order valence-corrected chi connectivity index (χ1v) is 7.49. The molecule has 0 saturated carbocycles. The lowest BCUT2D eigenvalue weighted by Crippen LogP contribution is -2.25. The van der Waals surface area contributed by atoms with E-state index in [0.29, 0.717) is 21.4 Å². The predicted octanol–water partition coefficient (Wildman–Crippen LogP) is 3.56. The van der Waals surface area contributed by atoms with Crippen LogP contribution in [0.1, 0.15) is 5.56 Å². The fourth-order valence-electron chi connectivity index (χ4n) is 1.75. The maximum Gasteiger partial charge on any atom is 0.259 e. The van der Waals surface area contributed by atoms with Crippen LogP contribution in [0.2, 0.25) is 10.0 Å². The average molecular weight is 352 g/mol. The minimum absolute atomic E-state index is 0.0772. The van der Waals surface area contributed by atoms with Crippen LogP contribution in [0.25, 0.3) is 0 Å². The lowest BCUT2D eigenvalue weighted by atomic mass is 10.2. The third-order valence-corrected chi connectivity index (χ3v) is 3.73. The second-order valence-electron chi connectivity index (χ2n) is 4.52. The van der Waals surface area contributed by atoms with Crippen LogP contribution in [0.4, 0.5) is 5.69 Å². The molecule has 0 saturated heterocycles. The Labute approximate surface area is 144 Å². The molecule has 0 unspecified atom stereocenters. The number of nitrogens with zero attached hydrogens (tertiary/aromatic N) is 1. The molecule has 7 heteroatoms. The molecule has 5 nitrogen and oxygen atoms in total. The summed E-state index contributed by atoms with van der Waals surface area (Å²) in [6.07, 6.45) is 1.44. The summed E-state index contributed by atoms with van der Waals surface area (Å²) >= 11 is 11.9. The highest BCUT2D eigenvalue weighted by molar-refractivity contribution is 6.43. The molecule has 0 aromatic heterocycles. The first-order chi connectivity index (χ1) is 11.1. The maximum atomic E-state index is 11.7. The molecule has 0 bridgehead atoms. The van der Waals surface area contributed by atoms with Crippen molar-refractivity contribution in [3.05, 3.63) is 58.1 Å². The quantitative estimate of drug-likeness (QED) is 0.617. The van der Waals surface area contributed by atoms with Crippen molar-refractivity contribution in [2.24, 2.45) is 5.10 Å². The Morgan fingerprint density at radius 3 is 2.83 bits per heavy atom. The molecule has 0 spiro atoms. The standard InChI is InChI=1S/C16H15Cl2N3O2/c1-23-13-6-3-5-12(8-13)19-10-15(22)21-20-9-11-4-2-7-14(17)16(11)18/h2-9,19H,10H2,1H3,(H,21,22)/b20-9-. The van der Waals surface area contributed by atoms with E-state index in [1.165, 1.54) is 6.21 Å². The summed E-state index contributed by atoms with van der Waals surface area (Å²) in [6.45, 7) is 0.0772. The molecule has 2 aromatic rings. The molecule has 2 N–H and O–H groups in total. The summed E-state index contributed by atoms with van der Waals surface area (Å²) in [7, 11) is 1.58. The first kappa shape index (κ1) is 17.1. The van der Waals surface area contributed by atoms with Gasteiger partial charge >= 0.3 is 0 Å². The van der Waals surface area contributed by atoms with E-state index in [4.69, 9.17) is 27.9 Å². The molecule has 2 aromatic carbocycles. The van der Waals surface area contributed by atoms with Gasteiger partial charge in [0.05, 0.1) is 29.9 Å². The second-order valence-corrected chi connectivity index (χ2v) is 5.31. The van der Waals surface area contributed by atoms with Crippen molar-refractivity contribution < 1.29 is 9.53 Å². The van der Waals surface area contributed by atoms with E-state index in [9.17, 15) is 4.79 Å². The number of halogens is 2. The van der Waals surface area contributed by atoms with Gasteiger partial charge < -0.3 is 10.1 Å². The molecule has 23 heavy (non-hydrogen) atoms. The number of hydrazone groups is 1. The highest BCUT2D eigenvalue weighted by atomic mass is 35.5. The van der Waals surface area contributed by atoms with Crippen molar-refractivity contribution in [3.63, 3.8) is 0 Å². The lowest BCUT2D eigenvalue weighted by molar-refractivity contribution is -0.119. The Bertz CT molecular complexity index is 720. The third-order valence-electron chi connectivity index (χ3n) is 2.90. The zero-order valence-corrected chi connectivity index (χ0v) is 13.9. The Balaban J connectivity index is 1.85. The van der Waals surface area contributed by atoms with E-state index in [2.05, 4.69) is 15.8 Å². The number of ether oxygens (including phenoxy) is 1. The van der Waals surface area contributed by atoms with Crippen LogP contribution in [0.5, 0.6) is 5.75 Å². The van der Waals surface area contributed by atoms with Gasteiger partial charge in [-0.25, -0.2) is 5.43 Å². The van der Waals surface area contributed by atoms with Gasteiger partial charge in [0.2, 0.25) is 0 Å². The van der Waals surface area contributed by atoms with Gasteiger partial charge in [0.1, 0.15) is 5.75 Å². The number of anilines is 1. The maximum absolute atomic E-state index is 11.7. The van der Waals surface area contributed by atoms with Crippen molar-refractivity contribution in [3.8, 4) is 5.75 Å². The van der Waals surface area contributed by atoms with Gasteiger partial charge in [-0.15, -0.1) is 0 Å². The molecule has 0 heterocycles. The molecule has 0 radical (unpaired) electrons. The van der Waals surface area contributed by atoms with E-state index in [-0.39, 0.29) is 12.5 Å². The number of amides is 1. The van der Waals surface area contributed by atoms with Crippen LogP contribution in [-0.2, 0) is 4.79 Å². The van der Waals surface area contributed by atoms with Gasteiger partial charge in [-0.05, 0) is 18.2 Å². The van der Waals surface area contributed by atoms with Gasteiger partial charge in [0.15, 0.2) is 0 Å². The van der Waals surface area contributed by atoms with Gasteiger partial charge in [0.25, 0.3) is 5.91 Å². The highest BCUT2D eigenvalue weighted by Gasteiger charge is 2.03. The largest absolute Gasteiger partial charge is 0.497 e. The average Bonchev–Trinajstić information content (AvgIpc) is 2.57. The number of hydrogen-bond acceptors (Lipinski definition) is 4. The second kappa shape index (κ2) is 8.41. The van der Waals surface area contributed by atoms with Crippen molar-refractivity contribution in [2.45, 2.75) is 0 Å². The smallest absolute Gasteiger partial charge is 0.259 e. The molecule has 0 atom stereocenters. The van der Waals surface area contributed by atoms with E-state index in [0.717, 1.165) is 5.69 Å². The van der Waals surface area contributed by atoms with Crippen molar-refractivity contribution in [1.29, 1.82) is 0 Å². The predicted molar refractivity (Wildman–Crippen MR) is 93.7 cm³/mol. The summed E-state index contributed by atoms with van der Waals surface area (Å²) in [5, 5.41) is 7.65. The van der Waals surface area contributed by atoms with Gasteiger partial charge in [-0.1, -0.05) is 41.4 Å². The van der Waals surface area contributed by atoms with Crippen LogP contribution < -0.4 is 15.5 Å². The zero-order chi connectivity index (χ0) is 16.7. The molecule has 0 aliphatic rings. The van der Waals surface area contributed by atoms with E-state index in [1.54, 1.807) is 31.4 Å². The Morgan fingerprint density at radius 1 is 1.26 bits per heavy atom. The van der Waals surface area contributed by atoms with E-state index >= 15 is 0 Å². The molecular weight excluding hydrogens is 337 g/mol. The van der Waals surface area contributed by atoms with Crippen LogP contribution in [0, 0.1) is 0 Å². The lowest BCUT2D eigenvalue weighted by Gasteiger charge is -2.07. The van der Waals surface area contributed by atoms with Gasteiger partial charge in [-0.3, -0.25) is 4.79 Å². The Kier molecular flexibility index (Phi) is 6.26. The summed E-state index contributed by atoms with van der Waals surface area (Å²) in [5.74, 6) is 0.422. The van der Waals surface area contributed by atoms with E-state index in [1.807, 2.05) is 18.2 Å². The summed E-state index contributed by atoms with van der Waals surface area (Å²) in [6, 6.07) is 12.5. The minimum Gasteiger partial charge on any atom is -0.497 e. The van der Waals surface area contributed by atoms with E-state index < -0.39 is 0 Å². The number of carbonyl (C=O) groups is 1. The number of nitrogens with one attached hydrogen (secondary N) is 2. The monoisotopic (exact) mass is 351 g/mol. The molecule has 1 amide bonds. The number of methoxy groups -OCH3 is 1. The molecule has 0 fully saturated rings. The zero-order valence-electron chi connectivity index (χ0n) is 12.3. The Morgan fingerprint density at radius 2 is 2.04 bits per heavy atom. The van der Waals surface area contributed by atoms with Crippen LogP contribution in [-0.4, -0.2) is 25.8 Å².